The summed E-state index contributed by atoms with van der Waals surface area (Å²) in [6.07, 6.45) is 6.76. The number of piperidine rings is 1. The van der Waals surface area contributed by atoms with Gasteiger partial charge in [0, 0.05) is 25.5 Å². The molecule has 1 atom stereocenters. The molecule has 2 N–H and O–H groups in total. The fourth-order valence-electron chi connectivity index (χ4n) is 3.33. The van der Waals surface area contributed by atoms with Gasteiger partial charge >= 0.3 is 0 Å². The van der Waals surface area contributed by atoms with E-state index < -0.39 is 6.10 Å². The van der Waals surface area contributed by atoms with Crippen molar-refractivity contribution in [3.63, 3.8) is 0 Å². The molecule has 1 aromatic carbocycles. The van der Waals surface area contributed by atoms with Crippen LogP contribution in [-0.4, -0.2) is 52.1 Å². The maximum absolute atomic E-state index is 12.0. The van der Waals surface area contributed by atoms with Crippen molar-refractivity contribution < 1.29 is 9.90 Å². The van der Waals surface area contributed by atoms with Crippen LogP contribution in [0.2, 0.25) is 0 Å². The lowest BCUT2D eigenvalue weighted by atomic mass is 9.96. The summed E-state index contributed by atoms with van der Waals surface area (Å²) in [5.74, 6) is 0.512. The zero-order chi connectivity index (χ0) is 18.2. The minimum atomic E-state index is -0.444. The molecule has 1 aromatic heterocycles. The van der Waals surface area contributed by atoms with Gasteiger partial charge in [0.1, 0.15) is 6.33 Å². The number of likely N-dealkylation sites (tertiary alicyclic amines) is 1. The van der Waals surface area contributed by atoms with Gasteiger partial charge in [0.05, 0.1) is 12.5 Å². The zero-order valence-corrected chi connectivity index (χ0v) is 14.9. The molecule has 138 valence electrons. The molecule has 1 aliphatic heterocycles. The number of benzene rings is 1. The number of aliphatic hydroxyl groups is 1. The van der Waals surface area contributed by atoms with E-state index in [0.717, 1.165) is 37.1 Å². The van der Waals surface area contributed by atoms with E-state index in [1.54, 1.807) is 12.4 Å². The number of aromatic nitrogens is 2. The monoisotopic (exact) mass is 354 g/mol. The Morgan fingerprint density at radius 3 is 2.58 bits per heavy atom. The van der Waals surface area contributed by atoms with Crippen molar-refractivity contribution in [3.05, 3.63) is 60.2 Å². The quantitative estimate of drug-likeness (QED) is 0.789. The van der Waals surface area contributed by atoms with E-state index in [9.17, 15) is 9.90 Å². The van der Waals surface area contributed by atoms with Crippen LogP contribution in [0.25, 0.3) is 0 Å². The first kappa shape index (κ1) is 18.5. The summed E-state index contributed by atoms with van der Waals surface area (Å²) in [6.45, 7) is 3.28. The topological polar surface area (TPSA) is 78.4 Å². The van der Waals surface area contributed by atoms with Gasteiger partial charge in [-0.05, 0) is 43.0 Å². The maximum Gasteiger partial charge on any atom is 0.224 e. The molecule has 0 saturated carbocycles. The fraction of sp³-hybridized carbons (Fsp3) is 0.450. The van der Waals surface area contributed by atoms with E-state index in [4.69, 9.17) is 0 Å². The van der Waals surface area contributed by atoms with Gasteiger partial charge < -0.3 is 15.3 Å². The summed E-state index contributed by atoms with van der Waals surface area (Å²) in [7, 11) is 0. The first-order chi connectivity index (χ1) is 12.7. The normalized spacial score (nSPS) is 17.0. The second-order valence-electron chi connectivity index (χ2n) is 6.90. The smallest absolute Gasteiger partial charge is 0.224 e. The summed E-state index contributed by atoms with van der Waals surface area (Å²) in [6, 6.07) is 9.79. The Labute approximate surface area is 154 Å². The standard InChI is InChI=1S/C20H26N4O2/c25-19(18-4-2-1-3-5-18)14-24-8-6-16(7-9-24)13-23-20(26)10-17-11-21-15-22-12-17/h1-5,11-12,15-16,19,25H,6-10,13-14H2,(H,23,26). The van der Waals surface area contributed by atoms with E-state index in [1.807, 2.05) is 30.3 Å². The fourth-order valence-corrected chi connectivity index (χ4v) is 3.33. The highest BCUT2D eigenvalue weighted by atomic mass is 16.3. The van der Waals surface area contributed by atoms with Gasteiger partial charge in [-0.15, -0.1) is 0 Å². The first-order valence-corrected chi connectivity index (χ1v) is 9.16. The molecule has 6 nitrogen and oxygen atoms in total. The van der Waals surface area contributed by atoms with E-state index in [0.29, 0.717) is 25.4 Å². The van der Waals surface area contributed by atoms with Crippen LogP contribution < -0.4 is 5.32 Å². The van der Waals surface area contributed by atoms with Gasteiger partial charge in [-0.2, -0.15) is 0 Å². The SMILES string of the molecule is O=C(Cc1cncnc1)NCC1CCN(CC(O)c2ccccc2)CC1. The summed E-state index contributed by atoms with van der Waals surface area (Å²) < 4.78 is 0. The Bertz CT molecular complexity index is 673. The van der Waals surface area contributed by atoms with Crippen LogP contribution >= 0.6 is 0 Å². The minimum Gasteiger partial charge on any atom is -0.387 e. The molecule has 2 aromatic rings. The molecular formula is C20H26N4O2. The Morgan fingerprint density at radius 2 is 1.88 bits per heavy atom. The number of aliphatic hydroxyl groups excluding tert-OH is 1. The van der Waals surface area contributed by atoms with Crippen LogP contribution in [0.5, 0.6) is 0 Å². The van der Waals surface area contributed by atoms with E-state index >= 15 is 0 Å². The number of amides is 1. The average molecular weight is 354 g/mol. The molecule has 3 rings (SSSR count). The van der Waals surface area contributed by atoms with E-state index in [1.165, 1.54) is 6.33 Å². The van der Waals surface area contributed by atoms with Gasteiger partial charge in [-0.1, -0.05) is 30.3 Å². The molecule has 1 aliphatic rings. The van der Waals surface area contributed by atoms with Crippen LogP contribution in [0.4, 0.5) is 0 Å². The summed E-state index contributed by atoms with van der Waals surface area (Å²) >= 11 is 0. The number of nitrogens with zero attached hydrogens (tertiary/aromatic N) is 3. The highest BCUT2D eigenvalue weighted by Crippen LogP contribution is 2.20. The van der Waals surface area contributed by atoms with Crippen molar-refractivity contribution in [1.29, 1.82) is 0 Å². The third kappa shape index (κ3) is 5.61. The molecule has 0 bridgehead atoms. The summed E-state index contributed by atoms with van der Waals surface area (Å²) in [5.41, 5.74) is 1.79. The van der Waals surface area contributed by atoms with Crippen LogP contribution in [0.15, 0.2) is 49.1 Å². The molecule has 0 radical (unpaired) electrons. The zero-order valence-electron chi connectivity index (χ0n) is 14.9. The highest BCUT2D eigenvalue weighted by molar-refractivity contribution is 5.78. The van der Waals surface area contributed by atoms with Crippen molar-refractivity contribution in [2.75, 3.05) is 26.2 Å². The third-order valence-corrected chi connectivity index (χ3v) is 4.89. The number of β-amino-alcohol motifs (C(OH)–C–C–N with tert-alkyl or cyclic N) is 1. The lowest BCUT2D eigenvalue weighted by Crippen LogP contribution is -2.40. The van der Waals surface area contributed by atoms with Crippen molar-refractivity contribution in [1.82, 2.24) is 20.2 Å². The maximum atomic E-state index is 12.0. The number of rotatable bonds is 7. The van der Waals surface area contributed by atoms with Crippen molar-refractivity contribution in [2.45, 2.75) is 25.4 Å². The molecular weight excluding hydrogens is 328 g/mol. The minimum absolute atomic E-state index is 0.0155. The summed E-state index contributed by atoms with van der Waals surface area (Å²) in [5, 5.41) is 13.4. The second kappa shape index (κ2) is 9.40. The predicted molar refractivity (Wildman–Crippen MR) is 99.3 cm³/mol. The Hall–Kier alpha value is -2.31. The second-order valence-corrected chi connectivity index (χ2v) is 6.90. The van der Waals surface area contributed by atoms with Crippen LogP contribution in [0.1, 0.15) is 30.1 Å². The number of hydrogen-bond acceptors (Lipinski definition) is 5. The lowest BCUT2D eigenvalue weighted by molar-refractivity contribution is -0.120. The van der Waals surface area contributed by atoms with Crippen molar-refractivity contribution >= 4 is 5.91 Å². The van der Waals surface area contributed by atoms with Crippen molar-refractivity contribution in [3.8, 4) is 0 Å². The number of hydrogen-bond donors (Lipinski definition) is 2. The Morgan fingerprint density at radius 1 is 1.19 bits per heavy atom. The van der Waals surface area contributed by atoms with Crippen LogP contribution in [0, 0.1) is 5.92 Å². The summed E-state index contributed by atoms with van der Waals surface area (Å²) in [4.78, 5) is 22.2. The number of carbonyl (C=O) groups excluding carboxylic acids is 1. The van der Waals surface area contributed by atoms with Gasteiger partial charge in [-0.25, -0.2) is 9.97 Å². The molecule has 0 aliphatic carbocycles. The van der Waals surface area contributed by atoms with Crippen molar-refractivity contribution in [2.24, 2.45) is 5.92 Å². The number of carbonyl (C=O) groups is 1. The molecule has 2 heterocycles. The third-order valence-electron chi connectivity index (χ3n) is 4.89. The molecule has 0 spiro atoms. The lowest BCUT2D eigenvalue weighted by Gasteiger charge is -2.33. The molecule has 1 unspecified atom stereocenters. The van der Waals surface area contributed by atoms with Gasteiger partial charge in [0.25, 0.3) is 0 Å². The van der Waals surface area contributed by atoms with E-state index in [-0.39, 0.29) is 5.91 Å². The Kier molecular flexibility index (Phi) is 6.68. The molecule has 1 saturated heterocycles. The first-order valence-electron chi connectivity index (χ1n) is 9.16. The number of nitrogens with one attached hydrogen (secondary N) is 1. The average Bonchev–Trinajstić information content (AvgIpc) is 2.69. The van der Waals surface area contributed by atoms with Gasteiger partial charge in [0.15, 0.2) is 0 Å². The van der Waals surface area contributed by atoms with Gasteiger partial charge in [0.2, 0.25) is 5.91 Å². The van der Waals surface area contributed by atoms with Crippen LogP contribution in [-0.2, 0) is 11.2 Å². The van der Waals surface area contributed by atoms with Crippen LogP contribution in [0.3, 0.4) is 0 Å². The molecule has 6 heteroatoms. The highest BCUT2D eigenvalue weighted by Gasteiger charge is 2.22. The predicted octanol–water partition coefficient (Wildman–Crippen LogP) is 1.58. The van der Waals surface area contributed by atoms with E-state index in [2.05, 4.69) is 20.2 Å². The molecule has 1 fully saturated rings. The Balaban J connectivity index is 1.35. The van der Waals surface area contributed by atoms with Gasteiger partial charge in [-0.3, -0.25) is 4.79 Å². The molecule has 1 amide bonds. The largest absolute Gasteiger partial charge is 0.387 e. The molecule has 26 heavy (non-hydrogen) atoms.